The third kappa shape index (κ3) is 3.08. The van der Waals surface area contributed by atoms with Gasteiger partial charge in [0.1, 0.15) is 10.0 Å². The molecular formula is C12H15N5S. The van der Waals surface area contributed by atoms with E-state index in [0.717, 1.165) is 41.0 Å². The topological polar surface area (TPSA) is 63.6 Å². The highest BCUT2D eigenvalue weighted by Gasteiger charge is 2.19. The van der Waals surface area contributed by atoms with E-state index in [1.54, 1.807) is 23.7 Å². The summed E-state index contributed by atoms with van der Waals surface area (Å²) in [5.41, 5.74) is 0.991. The Hall–Kier alpha value is -1.40. The highest BCUT2D eigenvalue weighted by Crippen LogP contribution is 2.23. The van der Waals surface area contributed by atoms with E-state index in [1.165, 1.54) is 12.8 Å². The Labute approximate surface area is 110 Å². The van der Waals surface area contributed by atoms with E-state index < -0.39 is 0 Å². The Morgan fingerprint density at radius 1 is 1.28 bits per heavy atom. The molecule has 1 saturated carbocycles. The van der Waals surface area contributed by atoms with E-state index in [0.29, 0.717) is 0 Å². The van der Waals surface area contributed by atoms with Crippen molar-refractivity contribution in [2.45, 2.75) is 31.7 Å². The average molecular weight is 261 g/mol. The van der Waals surface area contributed by atoms with Crippen LogP contribution in [0.5, 0.6) is 0 Å². The van der Waals surface area contributed by atoms with Gasteiger partial charge in [0.2, 0.25) is 0 Å². The third-order valence-corrected chi connectivity index (χ3v) is 3.91. The number of aryl methyl sites for hydroxylation is 1. The molecule has 0 spiro atoms. The predicted molar refractivity (Wildman–Crippen MR) is 70.3 cm³/mol. The predicted octanol–water partition coefficient (Wildman–Crippen LogP) is 1.68. The number of hydrogen-bond acceptors (Lipinski definition) is 6. The normalized spacial score (nSPS) is 14.9. The molecule has 0 amide bonds. The van der Waals surface area contributed by atoms with Crippen LogP contribution >= 0.6 is 11.3 Å². The van der Waals surface area contributed by atoms with Gasteiger partial charge in [-0.1, -0.05) is 11.3 Å². The standard InChI is InChI=1S/C12H15N5S/c1(6-13-10-3-4-10)2-11-16-17-12(18-11)9-5-7-14-15-8-9/h5,7-8,10,13H,1-4,6H2. The quantitative estimate of drug-likeness (QED) is 0.802. The molecule has 94 valence electrons. The van der Waals surface area contributed by atoms with Crippen molar-refractivity contribution in [2.24, 2.45) is 0 Å². The van der Waals surface area contributed by atoms with Crippen LogP contribution in [0.2, 0.25) is 0 Å². The lowest BCUT2D eigenvalue weighted by Gasteiger charge is -1.99. The highest BCUT2D eigenvalue weighted by atomic mass is 32.1. The number of rotatable bonds is 6. The maximum Gasteiger partial charge on any atom is 0.149 e. The molecule has 2 heterocycles. The Balaban J connectivity index is 1.52. The summed E-state index contributed by atoms with van der Waals surface area (Å²) in [6, 6.07) is 2.70. The van der Waals surface area contributed by atoms with E-state index in [4.69, 9.17) is 0 Å². The summed E-state index contributed by atoms with van der Waals surface area (Å²) < 4.78 is 0. The van der Waals surface area contributed by atoms with Crippen molar-refractivity contribution in [2.75, 3.05) is 6.54 Å². The van der Waals surface area contributed by atoms with Gasteiger partial charge in [-0.2, -0.15) is 10.2 Å². The molecule has 1 aliphatic rings. The molecule has 18 heavy (non-hydrogen) atoms. The molecule has 6 heteroatoms. The summed E-state index contributed by atoms with van der Waals surface area (Å²) in [6.45, 7) is 1.08. The SMILES string of the molecule is c1cc(-c2nnc(CCCNC3CC3)s2)cnn1. The highest BCUT2D eigenvalue weighted by molar-refractivity contribution is 7.14. The fourth-order valence-corrected chi connectivity index (χ4v) is 2.59. The minimum atomic E-state index is 0.790. The molecule has 3 rings (SSSR count). The molecule has 0 aliphatic heterocycles. The van der Waals surface area contributed by atoms with Gasteiger partial charge in [-0.3, -0.25) is 0 Å². The van der Waals surface area contributed by atoms with E-state index in [1.807, 2.05) is 6.07 Å². The minimum Gasteiger partial charge on any atom is -0.314 e. The van der Waals surface area contributed by atoms with Crippen molar-refractivity contribution in [1.29, 1.82) is 0 Å². The van der Waals surface area contributed by atoms with Gasteiger partial charge in [0.15, 0.2) is 0 Å². The molecule has 2 aromatic heterocycles. The number of nitrogens with zero attached hydrogens (tertiary/aromatic N) is 4. The second kappa shape index (κ2) is 5.49. The number of hydrogen-bond donors (Lipinski definition) is 1. The van der Waals surface area contributed by atoms with Crippen LogP contribution in [0.4, 0.5) is 0 Å². The summed E-state index contributed by atoms with van der Waals surface area (Å²) in [6.07, 6.45) is 8.21. The number of nitrogens with one attached hydrogen (secondary N) is 1. The minimum absolute atomic E-state index is 0.790. The van der Waals surface area contributed by atoms with Crippen LogP contribution in [-0.4, -0.2) is 33.0 Å². The van der Waals surface area contributed by atoms with Crippen LogP contribution in [-0.2, 0) is 6.42 Å². The van der Waals surface area contributed by atoms with Crippen LogP contribution in [0.3, 0.4) is 0 Å². The molecule has 0 aromatic carbocycles. The van der Waals surface area contributed by atoms with Crippen molar-refractivity contribution in [1.82, 2.24) is 25.7 Å². The maximum atomic E-state index is 4.22. The van der Waals surface area contributed by atoms with Gasteiger partial charge in [0.05, 0.1) is 12.4 Å². The third-order valence-electron chi connectivity index (χ3n) is 2.88. The van der Waals surface area contributed by atoms with Gasteiger partial charge < -0.3 is 5.32 Å². The molecule has 0 saturated heterocycles. The van der Waals surface area contributed by atoms with Gasteiger partial charge in [-0.25, -0.2) is 0 Å². The zero-order chi connectivity index (χ0) is 12.2. The summed E-state index contributed by atoms with van der Waals surface area (Å²) in [5.74, 6) is 0. The zero-order valence-corrected chi connectivity index (χ0v) is 10.9. The van der Waals surface area contributed by atoms with Crippen LogP contribution < -0.4 is 5.32 Å². The maximum absolute atomic E-state index is 4.22. The molecule has 1 aliphatic carbocycles. The van der Waals surface area contributed by atoms with Gasteiger partial charge in [-0.15, -0.1) is 10.2 Å². The van der Waals surface area contributed by atoms with Gasteiger partial charge in [-0.05, 0) is 31.9 Å². The largest absolute Gasteiger partial charge is 0.314 e. The lowest BCUT2D eigenvalue weighted by Crippen LogP contribution is -2.17. The fraction of sp³-hybridized carbons (Fsp3) is 0.500. The second-order valence-corrected chi connectivity index (χ2v) is 5.53. The fourth-order valence-electron chi connectivity index (χ4n) is 1.72. The lowest BCUT2D eigenvalue weighted by atomic mass is 10.3. The van der Waals surface area contributed by atoms with E-state index in [-0.39, 0.29) is 0 Å². The van der Waals surface area contributed by atoms with Gasteiger partial charge >= 0.3 is 0 Å². The second-order valence-electron chi connectivity index (χ2n) is 4.46. The smallest absolute Gasteiger partial charge is 0.149 e. The zero-order valence-electron chi connectivity index (χ0n) is 10.0. The van der Waals surface area contributed by atoms with E-state index >= 15 is 0 Å². The first-order chi connectivity index (χ1) is 8.92. The molecule has 1 N–H and O–H groups in total. The molecule has 0 unspecified atom stereocenters. The van der Waals surface area contributed by atoms with Crippen LogP contribution in [0.1, 0.15) is 24.3 Å². The van der Waals surface area contributed by atoms with Crippen molar-refractivity contribution >= 4 is 11.3 Å². The Kier molecular flexibility index (Phi) is 3.56. The molecule has 0 bridgehead atoms. The molecular weight excluding hydrogens is 246 g/mol. The first kappa shape index (κ1) is 11.7. The van der Waals surface area contributed by atoms with Crippen molar-refractivity contribution in [3.05, 3.63) is 23.5 Å². The molecule has 2 aromatic rings. The van der Waals surface area contributed by atoms with E-state index in [2.05, 4.69) is 25.7 Å². The van der Waals surface area contributed by atoms with Gasteiger partial charge in [0, 0.05) is 18.0 Å². The van der Waals surface area contributed by atoms with Crippen molar-refractivity contribution in [3.8, 4) is 10.6 Å². The summed E-state index contributed by atoms with van der Waals surface area (Å²) in [7, 11) is 0. The first-order valence-electron chi connectivity index (χ1n) is 6.24. The monoisotopic (exact) mass is 261 g/mol. The summed E-state index contributed by atoms with van der Waals surface area (Å²) >= 11 is 1.64. The Bertz CT molecular complexity index is 494. The van der Waals surface area contributed by atoms with Gasteiger partial charge in [0.25, 0.3) is 0 Å². The molecule has 0 atom stereocenters. The van der Waals surface area contributed by atoms with Crippen LogP contribution in [0.25, 0.3) is 10.6 Å². The molecule has 0 radical (unpaired) electrons. The van der Waals surface area contributed by atoms with Crippen LogP contribution in [0, 0.1) is 0 Å². The lowest BCUT2D eigenvalue weighted by molar-refractivity contribution is 0.643. The van der Waals surface area contributed by atoms with Crippen molar-refractivity contribution < 1.29 is 0 Å². The van der Waals surface area contributed by atoms with Crippen molar-refractivity contribution in [3.63, 3.8) is 0 Å². The Morgan fingerprint density at radius 3 is 3.00 bits per heavy atom. The molecule has 5 nitrogen and oxygen atoms in total. The number of aromatic nitrogens is 4. The van der Waals surface area contributed by atoms with Crippen LogP contribution in [0.15, 0.2) is 18.5 Å². The Morgan fingerprint density at radius 2 is 2.22 bits per heavy atom. The summed E-state index contributed by atoms with van der Waals surface area (Å²) in [4.78, 5) is 0. The first-order valence-corrected chi connectivity index (χ1v) is 7.06. The molecule has 1 fully saturated rings. The van der Waals surface area contributed by atoms with E-state index in [9.17, 15) is 0 Å². The summed E-state index contributed by atoms with van der Waals surface area (Å²) in [5, 5.41) is 21.5. The average Bonchev–Trinajstić information content (AvgIpc) is 3.12.